The predicted molar refractivity (Wildman–Crippen MR) is 93.4 cm³/mol. The highest BCUT2D eigenvalue weighted by molar-refractivity contribution is 5.94. The van der Waals surface area contributed by atoms with Gasteiger partial charge in [-0.05, 0) is 54.7 Å². The fourth-order valence-electron chi connectivity index (χ4n) is 2.81. The Hall–Kier alpha value is -3.60. The smallest absolute Gasteiger partial charge is 0.251 e. The zero-order valence-electron chi connectivity index (χ0n) is 14.3. The second kappa shape index (κ2) is 6.96. The van der Waals surface area contributed by atoms with Crippen molar-refractivity contribution in [1.82, 2.24) is 25.1 Å². The number of pyridine rings is 1. The molecule has 0 saturated heterocycles. The number of carbonyl (C=O) groups is 1. The summed E-state index contributed by atoms with van der Waals surface area (Å²) in [4.78, 5) is 20.7. The molecule has 1 aliphatic carbocycles. The first-order chi connectivity index (χ1) is 13.1. The van der Waals surface area contributed by atoms with E-state index in [2.05, 4.69) is 20.4 Å². The molecule has 1 aliphatic rings. The number of halogens is 1. The maximum atomic E-state index is 13.8. The summed E-state index contributed by atoms with van der Waals surface area (Å²) in [5.41, 5.74) is 1.59. The van der Waals surface area contributed by atoms with E-state index in [4.69, 9.17) is 5.26 Å². The fraction of sp³-hybridized carbons (Fsp3) is 0.211. The normalized spacial score (nSPS) is 13.2. The topological polar surface area (TPSA) is 96.5 Å². The molecule has 8 heteroatoms. The molecule has 1 saturated carbocycles. The van der Waals surface area contributed by atoms with E-state index < -0.39 is 5.82 Å². The van der Waals surface area contributed by atoms with Crippen molar-refractivity contribution in [3.8, 4) is 11.9 Å². The van der Waals surface area contributed by atoms with Gasteiger partial charge in [0.1, 0.15) is 18.2 Å². The predicted octanol–water partition coefficient (Wildman–Crippen LogP) is 2.48. The Morgan fingerprint density at radius 3 is 2.85 bits per heavy atom. The standard InChI is InChI=1S/C19H15FN6O/c20-16-6-14(13-2-3-13)5-15(7-16)19(27)23-10-18-24-11-25-26(18)17-4-1-12(8-21)9-22-17/h1,4-7,9,11,13H,2-3,10H2,(H,23,27). The molecular weight excluding hydrogens is 347 g/mol. The lowest BCUT2D eigenvalue weighted by atomic mass is 10.1. The second-order valence-corrected chi connectivity index (χ2v) is 6.34. The number of rotatable bonds is 5. The molecule has 1 fully saturated rings. The van der Waals surface area contributed by atoms with E-state index in [0.29, 0.717) is 28.7 Å². The van der Waals surface area contributed by atoms with Crippen LogP contribution in [0.25, 0.3) is 5.82 Å². The van der Waals surface area contributed by atoms with E-state index in [1.807, 2.05) is 6.07 Å². The van der Waals surface area contributed by atoms with Crippen LogP contribution < -0.4 is 5.32 Å². The van der Waals surface area contributed by atoms with Crippen LogP contribution in [0.3, 0.4) is 0 Å². The molecule has 1 N–H and O–H groups in total. The maximum Gasteiger partial charge on any atom is 0.251 e. The second-order valence-electron chi connectivity index (χ2n) is 6.34. The molecule has 134 valence electrons. The number of aromatic nitrogens is 4. The van der Waals surface area contributed by atoms with Gasteiger partial charge in [0, 0.05) is 11.8 Å². The Bertz CT molecular complexity index is 1030. The van der Waals surface area contributed by atoms with Crippen LogP contribution in [0.2, 0.25) is 0 Å². The van der Waals surface area contributed by atoms with Gasteiger partial charge in [-0.3, -0.25) is 4.79 Å². The monoisotopic (exact) mass is 362 g/mol. The first-order valence-corrected chi connectivity index (χ1v) is 8.48. The van der Waals surface area contributed by atoms with Crippen molar-refractivity contribution in [3.63, 3.8) is 0 Å². The number of nitrogens with zero attached hydrogens (tertiary/aromatic N) is 5. The first kappa shape index (κ1) is 16.8. The van der Waals surface area contributed by atoms with Crippen LogP contribution in [0, 0.1) is 17.1 Å². The molecule has 0 bridgehead atoms. The molecule has 4 rings (SSSR count). The third-order valence-electron chi connectivity index (χ3n) is 4.35. The zero-order valence-corrected chi connectivity index (χ0v) is 14.3. The summed E-state index contributed by atoms with van der Waals surface area (Å²) in [7, 11) is 0. The number of hydrogen-bond acceptors (Lipinski definition) is 5. The average molecular weight is 362 g/mol. The van der Waals surface area contributed by atoms with E-state index in [-0.39, 0.29) is 12.5 Å². The van der Waals surface area contributed by atoms with Gasteiger partial charge < -0.3 is 5.32 Å². The molecule has 27 heavy (non-hydrogen) atoms. The lowest BCUT2D eigenvalue weighted by Crippen LogP contribution is -2.25. The number of benzene rings is 1. The van der Waals surface area contributed by atoms with Crippen LogP contribution in [0.1, 0.15) is 46.1 Å². The Morgan fingerprint density at radius 2 is 2.15 bits per heavy atom. The van der Waals surface area contributed by atoms with Crippen molar-refractivity contribution in [2.75, 3.05) is 0 Å². The molecule has 3 aromatic rings. The van der Waals surface area contributed by atoms with Gasteiger partial charge in [-0.25, -0.2) is 14.4 Å². The van der Waals surface area contributed by atoms with Gasteiger partial charge in [-0.2, -0.15) is 15.0 Å². The van der Waals surface area contributed by atoms with E-state index >= 15 is 0 Å². The number of nitriles is 1. The summed E-state index contributed by atoms with van der Waals surface area (Å²) in [5.74, 6) is 0.531. The highest BCUT2D eigenvalue weighted by Crippen LogP contribution is 2.40. The van der Waals surface area contributed by atoms with Crippen LogP contribution in [0.15, 0.2) is 42.9 Å². The van der Waals surface area contributed by atoms with Gasteiger partial charge in [0.05, 0.1) is 12.1 Å². The van der Waals surface area contributed by atoms with Crippen molar-refractivity contribution in [1.29, 1.82) is 5.26 Å². The third-order valence-corrected chi connectivity index (χ3v) is 4.35. The van der Waals surface area contributed by atoms with E-state index in [9.17, 15) is 9.18 Å². The van der Waals surface area contributed by atoms with Crippen molar-refractivity contribution in [2.24, 2.45) is 0 Å². The Balaban J connectivity index is 1.49. The SMILES string of the molecule is N#Cc1ccc(-n2ncnc2CNC(=O)c2cc(F)cc(C3CC3)c2)nc1. The van der Waals surface area contributed by atoms with Crippen LogP contribution in [-0.4, -0.2) is 25.7 Å². The summed E-state index contributed by atoms with van der Waals surface area (Å²) in [6.07, 6.45) is 4.86. The average Bonchev–Trinajstić information content (AvgIpc) is 3.44. The maximum absolute atomic E-state index is 13.8. The number of amides is 1. The van der Waals surface area contributed by atoms with Crippen LogP contribution in [0.5, 0.6) is 0 Å². The minimum Gasteiger partial charge on any atom is -0.345 e. The first-order valence-electron chi connectivity index (χ1n) is 8.48. The summed E-state index contributed by atoms with van der Waals surface area (Å²) in [6, 6.07) is 9.72. The van der Waals surface area contributed by atoms with Gasteiger partial charge in [-0.1, -0.05) is 0 Å². The van der Waals surface area contributed by atoms with E-state index in [1.165, 1.54) is 29.3 Å². The lowest BCUT2D eigenvalue weighted by Gasteiger charge is -2.08. The van der Waals surface area contributed by atoms with Crippen LogP contribution in [-0.2, 0) is 6.54 Å². The Kier molecular flexibility index (Phi) is 4.34. The van der Waals surface area contributed by atoms with Gasteiger partial charge in [-0.15, -0.1) is 0 Å². The van der Waals surface area contributed by atoms with E-state index in [1.54, 1.807) is 18.2 Å². The lowest BCUT2D eigenvalue weighted by molar-refractivity contribution is 0.0949. The minimum atomic E-state index is -0.408. The highest BCUT2D eigenvalue weighted by Gasteiger charge is 2.25. The summed E-state index contributed by atoms with van der Waals surface area (Å²) >= 11 is 0. The third kappa shape index (κ3) is 3.67. The number of nitrogens with one attached hydrogen (secondary N) is 1. The zero-order chi connectivity index (χ0) is 18.8. The molecule has 1 aromatic carbocycles. The summed E-state index contributed by atoms with van der Waals surface area (Å²) < 4.78 is 15.3. The highest BCUT2D eigenvalue weighted by atomic mass is 19.1. The van der Waals surface area contributed by atoms with Crippen LogP contribution in [0.4, 0.5) is 4.39 Å². The van der Waals surface area contributed by atoms with Gasteiger partial charge >= 0.3 is 0 Å². The molecule has 0 atom stereocenters. The van der Waals surface area contributed by atoms with Crippen molar-refractivity contribution >= 4 is 5.91 Å². The summed E-state index contributed by atoms with van der Waals surface area (Å²) in [5, 5.41) is 15.7. The van der Waals surface area contributed by atoms with Crippen LogP contribution >= 0.6 is 0 Å². The van der Waals surface area contributed by atoms with Crippen molar-refractivity contribution in [2.45, 2.75) is 25.3 Å². The largest absolute Gasteiger partial charge is 0.345 e. The van der Waals surface area contributed by atoms with Gasteiger partial charge in [0.15, 0.2) is 11.6 Å². The molecule has 0 aliphatic heterocycles. The summed E-state index contributed by atoms with van der Waals surface area (Å²) in [6.45, 7) is 0.107. The van der Waals surface area contributed by atoms with E-state index in [0.717, 1.165) is 18.4 Å². The van der Waals surface area contributed by atoms with Gasteiger partial charge in [0.25, 0.3) is 5.91 Å². The molecule has 1 amide bonds. The Labute approximate surface area is 154 Å². The molecule has 0 radical (unpaired) electrons. The minimum absolute atomic E-state index is 0.107. The molecule has 0 unspecified atom stereocenters. The quantitative estimate of drug-likeness (QED) is 0.752. The molecule has 2 heterocycles. The number of carbonyl (C=O) groups excluding carboxylic acids is 1. The number of hydrogen-bond donors (Lipinski definition) is 1. The van der Waals surface area contributed by atoms with Gasteiger partial charge in [0.2, 0.25) is 0 Å². The Morgan fingerprint density at radius 1 is 1.30 bits per heavy atom. The van der Waals surface area contributed by atoms with Crippen molar-refractivity contribution < 1.29 is 9.18 Å². The van der Waals surface area contributed by atoms with Crippen molar-refractivity contribution in [3.05, 3.63) is 71.2 Å². The molecule has 7 nitrogen and oxygen atoms in total. The molecular formula is C19H15FN6O. The molecule has 0 spiro atoms. The molecule has 2 aromatic heterocycles. The fourth-order valence-corrected chi connectivity index (χ4v) is 2.81.